The highest BCUT2D eigenvalue weighted by molar-refractivity contribution is 6.00. The molecule has 0 spiro atoms. The minimum atomic E-state index is -0.761. The molecule has 1 aliphatic carbocycles. The molecule has 0 heterocycles. The third-order valence-corrected chi connectivity index (χ3v) is 3.04. The summed E-state index contributed by atoms with van der Waals surface area (Å²) in [5.41, 5.74) is -0.487. The second-order valence-corrected chi connectivity index (χ2v) is 4.71. The van der Waals surface area contributed by atoms with Crippen LogP contribution in [-0.4, -0.2) is 5.78 Å². The molecule has 1 aromatic carbocycles. The first-order chi connectivity index (χ1) is 6.93. The largest absolute Gasteiger partial charge is 0.294 e. The zero-order chi connectivity index (χ0) is 11.2. The standard InChI is InChI=1S/C12H12F2O/c1-12(2)6-7(12)11(15)10-8(13)4-3-5-9(10)14/h3-5,7H,6H2,1-2H3. The average molecular weight is 210 g/mol. The van der Waals surface area contributed by atoms with Crippen molar-refractivity contribution in [2.24, 2.45) is 11.3 Å². The number of benzene rings is 1. The number of ketones is 1. The van der Waals surface area contributed by atoms with Gasteiger partial charge in [-0.2, -0.15) is 0 Å². The Morgan fingerprint density at radius 2 is 1.80 bits per heavy atom. The molecule has 0 N–H and O–H groups in total. The summed E-state index contributed by atoms with van der Waals surface area (Å²) >= 11 is 0. The van der Waals surface area contributed by atoms with Crippen LogP contribution in [0.3, 0.4) is 0 Å². The lowest BCUT2D eigenvalue weighted by atomic mass is 10.0. The Kier molecular flexibility index (Phi) is 2.14. The molecule has 0 radical (unpaired) electrons. The first-order valence-electron chi connectivity index (χ1n) is 4.92. The molecule has 0 aromatic heterocycles. The van der Waals surface area contributed by atoms with Crippen LogP contribution >= 0.6 is 0 Å². The van der Waals surface area contributed by atoms with Gasteiger partial charge < -0.3 is 0 Å². The van der Waals surface area contributed by atoms with Gasteiger partial charge in [0.25, 0.3) is 0 Å². The van der Waals surface area contributed by atoms with E-state index in [4.69, 9.17) is 0 Å². The van der Waals surface area contributed by atoms with Gasteiger partial charge in [-0.25, -0.2) is 8.78 Å². The van der Waals surface area contributed by atoms with E-state index < -0.39 is 17.4 Å². The summed E-state index contributed by atoms with van der Waals surface area (Å²) in [6.07, 6.45) is 0.708. The van der Waals surface area contributed by atoms with Crippen LogP contribution in [0.5, 0.6) is 0 Å². The van der Waals surface area contributed by atoms with Gasteiger partial charge in [-0.1, -0.05) is 19.9 Å². The summed E-state index contributed by atoms with van der Waals surface area (Å²) < 4.78 is 26.6. The molecule has 1 aliphatic rings. The van der Waals surface area contributed by atoms with Gasteiger partial charge >= 0.3 is 0 Å². The Morgan fingerprint density at radius 1 is 1.33 bits per heavy atom. The molecule has 1 aromatic rings. The van der Waals surface area contributed by atoms with Gasteiger partial charge in [0.1, 0.15) is 11.6 Å². The molecule has 3 heteroatoms. The van der Waals surface area contributed by atoms with Gasteiger partial charge in [-0.15, -0.1) is 0 Å². The Bertz CT molecular complexity index is 403. The zero-order valence-electron chi connectivity index (χ0n) is 8.68. The Morgan fingerprint density at radius 3 is 2.20 bits per heavy atom. The summed E-state index contributed by atoms with van der Waals surface area (Å²) in [4.78, 5) is 11.8. The van der Waals surface area contributed by atoms with Gasteiger partial charge in [0.05, 0.1) is 5.56 Å². The number of halogens is 2. The third kappa shape index (κ3) is 1.66. The molecule has 1 unspecified atom stereocenters. The molecule has 0 aliphatic heterocycles. The van der Waals surface area contributed by atoms with Crippen LogP contribution in [0.4, 0.5) is 8.78 Å². The molecule has 2 rings (SSSR count). The predicted octanol–water partition coefficient (Wildman–Crippen LogP) is 3.19. The lowest BCUT2D eigenvalue weighted by molar-refractivity contribution is 0.0945. The fourth-order valence-electron chi connectivity index (χ4n) is 1.82. The molecular formula is C12H12F2O. The van der Waals surface area contributed by atoms with Crippen LogP contribution in [-0.2, 0) is 0 Å². The first kappa shape index (κ1) is 10.3. The van der Waals surface area contributed by atoms with Gasteiger partial charge in [0, 0.05) is 5.92 Å². The third-order valence-electron chi connectivity index (χ3n) is 3.04. The molecule has 1 saturated carbocycles. The molecular weight excluding hydrogens is 198 g/mol. The highest BCUT2D eigenvalue weighted by Gasteiger charge is 2.51. The summed E-state index contributed by atoms with van der Waals surface area (Å²) in [6, 6.07) is 3.50. The number of carbonyl (C=O) groups is 1. The lowest BCUT2D eigenvalue weighted by Crippen LogP contribution is -2.11. The summed E-state index contributed by atoms with van der Waals surface area (Å²) in [7, 11) is 0. The molecule has 0 amide bonds. The number of hydrogen-bond acceptors (Lipinski definition) is 1. The number of carbonyl (C=O) groups excluding carboxylic acids is 1. The second-order valence-electron chi connectivity index (χ2n) is 4.71. The Balaban J connectivity index is 2.35. The van der Waals surface area contributed by atoms with Crippen molar-refractivity contribution >= 4 is 5.78 Å². The maximum Gasteiger partial charge on any atom is 0.172 e. The van der Waals surface area contributed by atoms with Crippen molar-refractivity contribution in [3.63, 3.8) is 0 Å². The van der Waals surface area contributed by atoms with Crippen molar-refractivity contribution in [2.75, 3.05) is 0 Å². The van der Waals surface area contributed by atoms with Gasteiger partial charge in [0.2, 0.25) is 0 Å². The molecule has 1 atom stereocenters. The van der Waals surface area contributed by atoms with E-state index in [9.17, 15) is 13.6 Å². The zero-order valence-corrected chi connectivity index (χ0v) is 8.68. The van der Waals surface area contributed by atoms with Crippen molar-refractivity contribution in [1.82, 2.24) is 0 Å². The smallest absolute Gasteiger partial charge is 0.172 e. The van der Waals surface area contributed by atoms with E-state index in [0.29, 0.717) is 6.42 Å². The van der Waals surface area contributed by atoms with Crippen molar-refractivity contribution in [3.8, 4) is 0 Å². The quantitative estimate of drug-likeness (QED) is 0.685. The minimum absolute atomic E-state index is 0.105. The number of hydrogen-bond donors (Lipinski definition) is 0. The molecule has 0 saturated heterocycles. The van der Waals surface area contributed by atoms with Crippen LogP contribution in [0, 0.1) is 23.0 Å². The Labute approximate surface area is 87.1 Å². The van der Waals surface area contributed by atoms with E-state index in [-0.39, 0.29) is 16.9 Å². The average Bonchev–Trinajstić information content (AvgIpc) is 2.74. The molecule has 15 heavy (non-hydrogen) atoms. The lowest BCUT2D eigenvalue weighted by Gasteiger charge is -2.05. The van der Waals surface area contributed by atoms with E-state index in [1.165, 1.54) is 6.07 Å². The van der Waals surface area contributed by atoms with E-state index in [2.05, 4.69) is 0 Å². The SMILES string of the molecule is CC1(C)CC1C(=O)c1c(F)cccc1F. The highest BCUT2D eigenvalue weighted by Crippen LogP contribution is 2.53. The maximum atomic E-state index is 13.3. The summed E-state index contributed by atoms with van der Waals surface area (Å²) in [6.45, 7) is 3.85. The fourth-order valence-corrected chi connectivity index (χ4v) is 1.82. The van der Waals surface area contributed by atoms with Crippen LogP contribution < -0.4 is 0 Å². The van der Waals surface area contributed by atoms with Gasteiger partial charge in [0.15, 0.2) is 5.78 Å². The minimum Gasteiger partial charge on any atom is -0.294 e. The monoisotopic (exact) mass is 210 g/mol. The summed E-state index contributed by atoms with van der Waals surface area (Å²) in [5.74, 6) is -2.16. The van der Waals surface area contributed by atoms with Gasteiger partial charge in [-0.05, 0) is 24.0 Å². The Hall–Kier alpha value is -1.25. The number of rotatable bonds is 2. The van der Waals surface area contributed by atoms with Crippen molar-refractivity contribution in [3.05, 3.63) is 35.4 Å². The normalized spacial score (nSPS) is 22.5. The van der Waals surface area contributed by atoms with Crippen LogP contribution in [0.1, 0.15) is 30.6 Å². The molecule has 80 valence electrons. The predicted molar refractivity (Wildman–Crippen MR) is 52.6 cm³/mol. The van der Waals surface area contributed by atoms with Crippen molar-refractivity contribution in [1.29, 1.82) is 0 Å². The first-order valence-corrected chi connectivity index (χ1v) is 4.92. The van der Waals surface area contributed by atoms with Crippen LogP contribution in [0.2, 0.25) is 0 Å². The number of Topliss-reactive ketones (excluding diaryl/α,β-unsaturated/α-hetero) is 1. The van der Waals surface area contributed by atoms with Crippen LogP contribution in [0.15, 0.2) is 18.2 Å². The van der Waals surface area contributed by atoms with E-state index in [0.717, 1.165) is 12.1 Å². The topological polar surface area (TPSA) is 17.1 Å². The summed E-state index contributed by atoms with van der Waals surface area (Å²) in [5, 5.41) is 0. The molecule has 1 fully saturated rings. The van der Waals surface area contributed by atoms with E-state index in [1.807, 2.05) is 13.8 Å². The molecule has 0 bridgehead atoms. The second kappa shape index (κ2) is 3.12. The maximum absolute atomic E-state index is 13.3. The molecule has 1 nitrogen and oxygen atoms in total. The van der Waals surface area contributed by atoms with Gasteiger partial charge in [-0.3, -0.25) is 4.79 Å². The highest BCUT2D eigenvalue weighted by atomic mass is 19.1. The van der Waals surface area contributed by atoms with E-state index >= 15 is 0 Å². The van der Waals surface area contributed by atoms with Crippen LogP contribution in [0.25, 0.3) is 0 Å². The van der Waals surface area contributed by atoms with Crippen molar-refractivity contribution in [2.45, 2.75) is 20.3 Å². The fraction of sp³-hybridized carbons (Fsp3) is 0.417. The van der Waals surface area contributed by atoms with Crippen molar-refractivity contribution < 1.29 is 13.6 Å². The van der Waals surface area contributed by atoms with E-state index in [1.54, 1.807) is 0 Å².